The van der Waals surface area contributed by atoms with Crippen LogP contribution in [0.15, 0.2) is 18.5 Å². The van der Waals surface area contributed by atoms with Crippen LogP contribution in [0.2, 0.25) is 5.15 Å². The standard InChI is InChI=1S/C20H26ClN5O3/c1-12(2)28-20(27)26-10-6-5-7-17(26)29-19-13(3)18(22-11-23-19)25-15-8-9-16(21)24-14(15)4/h8-9,11-12,17H,5-7,10H2,1-4H3,(H,22,23,25). The molecule has 1 atom stereocenters. The minimum atomic E-state index is -0.421. The lowest BCUT2D eigenvalue weighted by Crippen LogP contribution is -2.47. The zero-order valence-corrected chi connectivity index (χ0v) is 17.9. The molecule has 0 saturated carbocycles. The van der Waals surface area contributed by atoms with Crippen molar-refractivity contribution in [3.63, 3.8) is 0 Å². The number of hydrogen-bond acceptors (Lipinski definition) is 7. The van der Waals surface area contributed by atoms with Crippen LogP contribution < -0.4 is 10.1 Å². The molecule has 1 aliphatic rings. The summed E-state index contributed by atoms with van der Waals surface area (Å²) < 4.78 is 11.5. The molecule has 0 bridgehead atoms. The summed E-state index contributed by atoms with van der Waals surface area (Å²) in [5, 5.41) is 3.68. The normalized spacial score (nSPS) is 16.6. The number of nitrogens with zero attached hydrogens (tertiary/aromatic N) is 4. The minimum Gasteiger partial charge on any atom is -0.453 e. The van der Waals surface area contributed by atoms with E-state index >= 15 is 0 Å². The number of rotatable bonds is 5. The highest BCUT2D eigenvalue weighted by molar-refractivity contribution is 6.29. The smallest absolute Gasteiger partial charge is 0.412 e. The van der Waals surface area contributed by atoms with Crippen molar-refractivity contribution in [2.45, 2.75) is 59.3 Å². The first-order chi connectivity index (χ1) is 13.8. The van der Waals surface area contributed by atoms with Gasteiger partial charge in [0.05, 0.1) is 23.0 Å². The van der Waals surface area contributed by atoms with Crippen molar-refractivity contribution in [3.05, 3.63) is 34.9 Å². The first-order valence-corrected chi connectivity index (χ1v) is 10.1. The van der Waals surface area contributed by atoms with Crippen molar-refractivity contribution < 1.29 is 14.3 Å². The number of pyridine rings is 1. The second-order valence-corrected chi connectivity index (χ2v) is 7.63. The molecule has 8 nitrogen and oxygen atoms in total. The second-order valence-electron chi connectivity index (χ2n) is 7.24. The van der Waals surface area contributed by atoms with E-state index in [9.17, 15) is 4.79 Å². The van der Waals surface area contributed by atoms with Crippen molar-refractivity contribution in [1.82, 2.24) is 19.9 Å². The number of amides is 1. The number of aryl methyl sites for hydroxylation is 1. The number of piperidine rings is 1. The van der Waals surface area contributed by atoms with E-state index < -0.39 is 6.23 Å². The number of carbonyl (C=O) groups excluding carboxylic acids is 1. The third-order valence-corrected chi connectivity index (χ3v) is 4.82. The molecule has 1 aliphatic heterocycles. The molecule has 1 N–H and O–H groups in total. The Morgan fingerprint density at radius 1 is 1.28 bits per heavy atom. The van der Waals surface area contributed by atoms with Gasteiger partial charge >= 0.3 is 6.09 Å². The minimum absolute atomic E-state index is 0.183. The number of aromatic nitrogens is 3. The van der Waals surface area contributed by atoms with E-state index in [-0.39, 0.29) is 12.2 Å². The maximum atomic E-state index is 12.4. The summed E-state index contributed by atoms with van der Waals surface area (Å²) in [5.41, 5.74) is 2.29. The van der Waals surface area contributed by atoms with Crippen molar-refractivity contribution >= 4 is 29.2 Å². The van der Waals surface area contributed by atoms with Gasteiger partial charge in [-0.25, -0.2) is 19.7 Å². The fourth-order valence-corrected chi connectivity index (χ4v) is 3.29. The molecular weight excluding hydrogens is 394 g/mol. The fourth-order valence-electron chi connectivity index (χ4n) is 3.10. The van der Waals surface area contributed by atoms with Gasteiger partial charge in [-0.1, -0.05) is 11.6 Å². The van der Waals surface area contributed by atoms with E-state index in [1.807, 2.05) is 33.8 Å². The Morgan fingerprint density at radius 3 is 2.79 bits per heavy atom. The average Bonchev–Trinajstić information content (AvgIpc) is 2.67. The Balaban J connectivity index is 1.78. The molecule has 1 amide bonds. The lowest BCUT2D eigenvalue weighted by atomic mass is 10.1. The van der Waals surface area contributed by atoms with Crippen molar-refractivity contribution in [2.75, 3.05) is 11.9 Å². The Kier molecular flexibility index (Phi) is 6.74. The quantitative estimate of drug-likeness (QED) is 0.707. The first-order valence-electron chi connectivity index (χ1n) is 9.71. The summed E-state index contributed by atoms with van der Waals surface area (Å²) in [5.74, 6) is 1.03. The van der Waals surface area contributed by atoms with Crippen LogP contribution in [-0.4, -0.2) is 44.8 Å². The summed E-state index contributed by atoms with van der Waals surface area (Å²) in [6.07, 6.45) is 3.08. The molecule has 2 aromatic heterocycles. The van der Waals surface area contributed by atoms with Gasteiger partial charge in [0.15, 0.2) is 6.23 Å². The molecule has 9 heteroatoms. The van der Waals surface area contributed by atoms with Crippen molar-refractivity contribution in [2.24, 2.45) is 0 Å². The van der Waals surface area contributed by atoms with Gasteiger partial charge in [-0.3, -0.25) is 4.90 Å². The zero-order chi connectivity index (χ0) is 21.0. The van der Waals surface area contributed by atoms with Gasteiger partial charge in [0.25, 0.3) is 0 Å². The van der Waals surface area contributed by atoms with Crippen molar-refractivity contribution in [3.8, 4) is 5.88 Å². The fraction of sp³-hybridized carbons (Fsp3) is 0.500. The summed E-state index contributed by atoms with van der Waals surface area (Å²) in [6, 6.07) is 3.56. The number of likely N-dealkylation sites (tertiary alicyclic amines) is 1. The summed E-state index contributed by atoms with van der Waals surface area (Å²) in [4.78, 5) is 26.9. The van der Waals surface area contributed by atoms with Gasteiger partial charge in [-0.15, -0.1) is 0 Å². The van der Waals surface area contributed by atoms with Crippen LogP contribution in [0.4, 0.5) is 16.3 Å². The van der Waals surface area contributed by atoms with E-state index in [0.29, 0.717) is 23.4 Å². The molecule has 29 heavy (non-hydrogen) atoms. The van der Waals surface area contributed by atoms with Crippen molar-refractivity contribution in [1.29, 1.82) is 0 Å². The average molecular weight is 420 g/mol. The number of hydrogen-bond donors (Lipinski definition) is 1. The van der Waals surface area contributed by atoms with Gasteiger partial charge in [-0.05, 0) is 52.7 Å². The van der Waals surface area contributed by atoms with E-state index in [1.54, 1.807) is 11.0 Å². The number of ether oxygens (including phenoxy) is 2. The van der Waals surface area contributed by atoms with Crippen LogP contribution in [0, 0.1) is 13.8 Å². The van der Waals surface area contributed by atoms with Crippen LogP contribution in [0.5, 0.6) is 5.88 Å². The Morgan fingerprint density at radius 2 is 2.07 bits per heavy atom. The maximum absolute atomic E-state index is 12.4. The highest BCUT2D eigenvalue weighted by Gasteiger charge is 2.31. The van der Waals surface area contributed by atoms with E-state index in [0.717, 1.165) is 36.2 Å². The van der Waals surface area contributed by atoms with Crippen LogP contribution >= 0.6 is 11.6 Å². The summed E-state index contributed by atoms with van der Waals surface area (Å²) >= 11 is 5.93. The first kappa shape index (κ1) is 21.1. The lowest BCUT2D eigenvalue weighted by molar-refractivity contribution is -0.0166. The topological polar surface area (TPSA) is 89.5 Å². The largest absolute Gasteiger partial charge is 0.453 e. The van der Waals surface area contributed by atoms with Gasteiger partial charge in [0.2, 0.25) is 5.88 Å². The number of carbonyl (C=O) groups is 1. The Bertz CT molecular complexity index is 877. The van der Waals surface area contributed by atoms with Gasteiger partial charge in [0.1, 0.15) is 17.3 Å². The van der Waals surface area contributed by atoms with Crippen LogP contribution in [0.25, 0.3) is 0 Å². The summed E-state index contributed by atoms with van der Waals surface area (Å²) in [6.45, 7) is 8.00. The Labute approximate surface area is 175 Å². The van der Waals surface area contributed by atoms with Gasteiger partial charge in [0, 0.05) is 13.0 Å². The third kappa shape index (κ3) is 5.26. The molecule has 0 aromatic carbocycles. The monoisotopic (exact) mass is 419 g/mol. The molecule has 1 unspecified atom stereocenters. The zero-order valence-electron chi connectivity index (χ0n) is 17.1. The SMILES string of the molecule is Cc1nc(Cl)ccc1Nc1ncnc(OC2CCCCN2C(=O)OC(C)C)c1C. The van der Waals surface area contributed by atoms with Crippen LogP contribution in [0.1, 0.15) is 44.4 Å². The van der Waals surface area contributed by atoms with E-state index in [1.165, 1.54) is 6.33 Å². The lowest BCUT2D eigenvalue weighted by Gasteiger charge is -2.35. The molecule has 1 fully saturated rings. The highest BCUT2D eigenvalue weighted by atomic mass is 35.5. The highest BCUT2D eigenvalue weighted by Crippen LogP contribution is 2.28. The van der Waals surface area contributed by atoms with Gasteiger partial charge in [-0.2, -0.15) is 0 Å². The molecule has 1 saturated heterocycles. The molecule has 0 spiro atoms. The second kappa shape index (κ2) is 9.26. The van der Waals surface area contributed by atoms with E-state index in [4.69, 9.17) is 21.1 Å². The van der Waals surface area contributed by atoms with Gasteiger partial charge < -0.3 is 14.8 Å². The number of halogens is 1. The predicted octanol–water partition coefficient (Wildman–Crippen LogP) is 4.62. The van der Waals surface area contributed by atoms with Crippen LogP contribution in [0.3, 0.4) is 0 Å². The van der Waals surface area contributed by atoms with E-state index in [2.05, 4.69) is 20.3 Å². The predicted molar refractivity (Wildman–Crippen MR) is 111 cm³/mol. The maximum Gasteiger partial charge on any atom is 0.412 e. The molecular formula is C20H26ClN5O3. The molecule has 0 aliphatic carbocycles. The molecule has 3 heterocycles. The Hall–Kier alpha value is -2.61. The third-order valence-electron chi connectivity index (χ3n) is 4.61. The molecule has 156 valence electrons. The summed E-state index contributed by atoms with van der Waals surface area (Å²) in [7, 11) is 0. The molecule has 3 rings (SSSR count). The molecule has 2 aromatic rings. The number of anilines is 2. The number of nitrogens with one attached hydrogen (secondary N) is 1. The molecule has 0 radical (unpaired) electrons. The van der Waals surface area contributed by atoms with Crippen LogP contribution in [-0.2, 0) is 4.74 Å².